The molecule has 0 fully saturated rings. The van der Waals surface area contributed by atoms with E-state index < -0.39 is 0 Å². The monoisotopic (exact) mass is 392 g/mol. The number of aliphatic imine (C=N–C) groups is 1. The first-order valence-electron chi connectivity index (χ1n) is 9.88. The standard InChI is InChI=1S/C26H20N2O2/c27-17-20-7-4-8-21(12-20)26-16-24(30)15-22-11-19(9-10-25(22)28-26)14-23(29)13-18-5-2-1-3-6-18/h1-12H,13-16H2. The lowest BCUT2D eigenvalue weighted by Crippen LogP contribution is -2.09. The van der Waals surface area contributed by atoms with Crippen molar-refractivity contribution < 1.29 is 9.59 Å². The third kappa shape index (κ3) is 4.59. The number of hydrogen-bond donors (Lipinski definition) is 0. The molecule has 1 aliphatic heterocycles. The van der Waals surface area contributed by atoms with E-state index in [9.17, 15) is 9.59 Å². The molecule has 0 aromatic heterocycles. The van der Waals surface area contributed by atoms with Crippen molar-refractivity contribution in [3.05, 3.63) is 101 Å². The third-order valence-electron chi connectivity index (χ3n) is 5.12. The highest BCUT2D eigenvalue weighted by Gasteiger charge is 2.19. The topological polar surface area (TPSA) is 70.3 Å². The summed E-state index contributed by atoms with van der Waals surface area (Å²) in [5, 5.41) is 9.14. The van der Waals surface area contributed by atoms with Gasteiger partial charge >= 0.3 is 0 Å². The highest BCUT2D eigenvalue weighted by molar-refractivity contribution is 6.13. The fraction of sp³-hybridized carbons (Fsp3) is 0.154. The van der Waals surface area contributed by atoms with E-state index >= 15 is 0 Å². The number of carbonyl (C=O) groups is 2. The molecule has 0 amide bonds. The fourth-order valence-corrected chi connectivity index (χ4v) is 3.69. The molecule has 4 rings (SSSR count). The Balaban J connectivity index is 1.58. The number of benzene rings is 3. The second kappa shape index (κ2) is 8.67. The molecule has 1 heterocycles. The molecule has 3 aromatic carbocycles. The van der Waals surface area contributed by atoms with E-state index in [-0.39, 0.29) is 18.0 Å². The van der Waals surface area contributed by atoms with Gasteiger partial charge in [-0.1, -0.05) is 54.6 Å². The van der Waals surface area contributed by atoms with Crippen molar-refractivity contribution in [3.8, 4) is 6.07 Å². The lowest BCUT2D eigenvalue weighted by Gasteiger charge is -2.07. The van der Waals surface area contributed by atoms with Crippen LogP contribution in [0.3, 0.4) is 0 Å². The first-order chi connectivity index (χ1) is 14.6. The molecule has 30 heavy (non-hydrogen) atoms. The number of Topliss-reactive ketones (excluding diaryl/α,β-unsaturated/α-hetero) is 2. The number of nitriles is 1. The molecule has 0 radical (unpaired) electrons. The SMILES string of the molecule is N#Cc1cccc(C2=Nc3ccc(CC(=O)Cc4ccccc4)cc3CC(=O)C2)c1. The molecule has 0 bridgehead atoms. The van der Waals surface area contributed by atoms with E-state index in [1.807, 2.05) is 54.6 Å². The predicted molar refractivity (Wildman–Crippen MR) is 116 cm³/mol. The van der Waals surface area contributed by atoms with Crippen LogP contribution < -0.4 is 0 Å². The normalized spacial score (nSPS) is 13.0. The highest BCUT2D eigenvalue weighted by atomic mass is 16.1. The van der Waals surface area contributed by atoms with Gasteiger partial charge in [0.25, 0.3) is 0 Å². The largest absolute Gasteiger partial charge is 0.299 e. The van der Waals surface area contributed by atoms with Gasteiger partial charge in [0.2, 0.25) is 0 Å². The molecule has 0 atom stereocenters. The van der Waals surface area contributed by atoms with Gasteiger partial charge in [-0.15, -0.1) is 0 Å². The number of nitrogens with zero attached hydrogens (tertiary/aromatic N) is 2. The Hall–Kier alpha value is -3.84. The van der Waals surface area contributed by atoms with Gasteiger partial charge in [-0.05, 0) is 40.5 Å². The van der Waals surface area contributed by atoms with Crippen LogP contribution in [0.1, 0.15) is 34.2 Å². The number of carbonyl (C=O) groups excluding carboxylic acids is 2. The van der Waals surface area contributed by atoms with Crippen molar-refractivity contribution in [1.82, 2.24) is 0 Å². The summed E-state index contributed by atoms with van der Waals surface area (Å²) in [5.74, 6) is 0.209. The summed E-state index contributed by atoms with van der Waals surface area (Å²) in [7, 11) is 0. The molecule has 0 unspecified atom stereocenters. The van der Waals surface area contributed by atoms with Crippen LogP contribution in [-0.4, -0.2) is 17.3 Å². The zero-order chi connectivity index (χ0) is 20.9. The second-order valence-corrected chi connectivity index (χ2v) is 7.48. The Bertz CT molecular complexity index is 1190. The van der Waals surface area contributed by atoms with Crippen molar-refractivity contribution >= 4 is 23.0 Å². The van der Waals surface area contributed by atoms with Gasteiger partial charge in [0.15, 0.2) is 0 Å². The maximum Gasteiger partial charge on any atom is 0.143 e. The summed E-state index contributed by atoms with van der Waals surface area (Å²) in [4.78, 5) is 29.7. The number of hydrogen-bond acceptors (Lipinski definition) is 4. The zero-order valence-corrected chi connectivity index (χ0v) is 16.5. The average molecular weight is 392 g/mol. The van der Waals surface area contributed by atoms with Crippen LogP contribution in [0.15, 0.2) is 77.8 Å². The van der Waals surface area contributed by atoms with Gasteiger partial charge in [-0.2, -0.15) is 5.26 Å². The van der Waals surface area contributed by atoms with Crippen molar-refractivity contribution in [2.75, 3.05) is 0 Å². The zero-order valence-electron chi connectivity index (χ0n) is 16.5. The van der Waals surface area contributed by atoms with Crippen molar-refractivity contribution in [2.24, 2.45) is 4.99 Å². The van der Waals surface area contributed by atoms with E-state index in [0.717, 1.165) is 27.9 Å². The molecule has 0 saturated carbocycles. The molecule has 4 heteroatoms. The van der Waals surface area contributed by atoms with Crippen molar-refractivity contribution in [2.45, 2.75) is 25.7 Å². The fourth-order valence-electron chi connectivity index (χ4n) is 3.69. The lowest BCUT2D eigenvalue weighted by molar-refractivity contribution is -0.118. The molecule has 4 nitrogen and oxygen atoms in total. The minimum atomic E-state index is 0.0719. The first-order valence-corrected chi connectivity index (χ1v) is 9.88. The van der Waals surface area contributed by atoms with Crippen LogP contribution in [0.25, 0.3) is 0 Å². The Labute approximate surface area is 175 Å². The van der Waals surface area contributed by atoms with E-state index in [1.54, 1.807) is 18.2 Å². The van der Waals surface area contributed by atoms with Crippen LogP contribution in [0.4, 0.5) is 5.69 Å². The van der Waals surface area contributed by atoms with E-state index in [2.05, 4.69) is 6.07 Å². The molecule has 146 valence electrons. The van der Waals surface area contributed by atoms with Gasteiger partial charge in [-0.25, -0.2) is 0 Å². The maximum atomic E-state index is 12.5. The van der Waals surface area contributed by atoms with Crippen LogP contribution in [0.5, 0.6) is 0 Å². The smallest absolute Gasteiger partial charge is 0.143 e. The second-order valence-electron chi connectivity index (χ2n) is 7.48. The molecule has 0 saturated heterocycles. The van der Waals surface area contributed by atoms with Gasteiger partial charge in [0.05, 0.1) is 23.0 Å². The molecule has 0 spiro atoms. The minimum absolute atomic E-state index is 0.0719. The molecular formula is C26H20N2O2. The molecule has 0 N–H and O–H groups in total. The summed E-state index contributed by atoms with van der Waals surface area (Å²) in [6.07, 6.45) is 1.25. The summed E-state index contributed by atoms with van der Waals surface area (Å²) >= 11 is 0. The minimum Gasteiger partial charge on any atom is -0.299 e. The number of rotatable bonds is 5. The molecular weight excluding hydrogens is 372 g/mol. The molecule has 0 aliphatic carbocycles. The summed E-state index contributed by atoms with van der Waals surface area (Å²) < 4.78 is 0. The van der Waals surface area contributed by atoms with E-state index in [4.69, 9.17) is 10.3 Å². The number of fused-ring (bicyclic) bond motifs is 1. The van der Waals surface area contributed by atoms with Crippen LogP contribution in [-0.2, 0) is 28.9 Å². The summed E-state index contributed by atoms with van der Waals surface area (Å²) in [6.45, 7) is 0. The van der Waals surface area contributed by atoms with Gasteiger partial charge in [0, 0.05) is 25.7 Å². The summed E-state index contributed by atoms with van der Waals surface area (Å²) in [5.41, 5.74) is 5.49. The Kier molecular flexibility index (Phi) is 5.63. The highest BCUT2D eigenvalue weighted by Crippen LogP contribution is 2.27. The van der Waals surface area contributed by atoms with Gasteiger partial charge < -0.3 is 0 Å². The van der Waals surface area contributed by atoms with Crippen molar-refractivity contribution in [1.29, 1.82) is 5.26 Å². The Morgan fingerprint density at radius 2 is 1.70 bits per heavy atom. The molecule has 1 aliphatic rings. The maximum absolute atomic E-state index is 12.5. The number of ketones is 2. The molecule has 3 aromatic rings. The first kappa shape index (κ1) is 19.5. The predicted octanol–water partition coefficient (Wildman–Crippen LogP) is 4.55. The van der Waals surface area contributed by atoms with E-state index in [1.165, 1.54) is 0 Å². The Morgan fingerprint density at radius 1 is 0.900 bits per heavy atom. The van der Waals surface area contributed by atoms with Gasteiger partial charge in [-0.3, -0.25) is 14.6 Å². The Morgan fingerprint density at radius 3 is 2.50 bits per heavy atom. The lowest BCUT2D eigenvalue weighted by atomic mass is 9.98. The van der Waals surface area contributed by atoms with Gasteiger partial charge in [0.1, 0.15) is 11.6 Å². The third-order valence-corrected chi connectivity index (χ3v) is 5.12. The van der Waals surface area contributed by atoms with Crippen LogP contribution >= 0.6 is 0 Å². The van der Waals surface area contributed by atoms with Crippen LogP contribution in [0.2, 0.25) is 0 Å². The summed E-state index contributed by atoms with van der Waals surface area (Å²) in [6, 6.07) is 24.7. The average Bonchev–Trinajstić information content (AvgIpc) is 2.92. The van der Waals surface area contributed by atoms with E-state index in [0.29, 0.717) is 30.5 Å². The van der Waals surface area contributed by atoms with Crippen molar-refractivity contribution in [3.63, 3.8) is 0 Å². The van der Waals surface area contributed by atoms with Crippen LogP contribution in [0, 0.1) is 11.3 Å². The quantitative estimate of drug-likeness (QED) is 0.640.